The van der Waals surface area contributed by atoms with Crippen LogP contribution in [0.25, 0.3) is 10.2 Å². The van der Waals surface area contributed by atoms with Crippen molar-refractivity contribution in [3.8, 4) is 0 Å². The third kappa shape index (κ3) is 5.01. The van der Waals surface area contributed by atoms with Crippen molar-refractivity contribution in [1.82, 2.24) is 10.3 Å². The summed E-state index contributed by atoms with van der Waals surface area (Å²) < 4.78 is 5.94. The zero-order chi connectivity index (χ0) is 21.7. The quantitative estimate of drug-likeness (QED) is 0.453. The minimum atomic E-state index is -0.146. The molecule has 1 unspecified atom stereocenters. The molecule has 0 spiro atoms. The summed E-state index contributed by atoms with van der Waals surface area (Å²) in [6.45, 7) is 2.94. The maximum atomic E-state index is 12.8. The van der Waals surface area contributed by atoms with E-state index in [0.717, 1.165) is 30.6 Å². The smallest absolute Gasteiger partial charge is 0.268 e. The Kier molecular flexibility index (Phi) is 8.20. The third-order valence-corrected chi connectivity index (χ3v) is 7.21. The number of nitrogens with one attached hydrogen (secondary N) is 2. The van der Waals surface area contributed by atoms with Crippen molar-refractivity contribution < 1.29 is 14.6 Å². The van der Waals surface area contributed by atoms with Crippen LogP contribution in [-0.2, 0) is 11.2 Å². The minimum absolute atomic E-state index is 0.0202. The standard InChI is InChI=1S/C19H18Cl2N2O2S.C3H8O/c20-16-17-15(26-18(16)21)9-14(22-17)19(25)23-13-8-10-4-1-2-5-11(10)12(13)6-3-7-24;1-3-4-2/h1-2,4-5,9,12-13,22,24H,3,6-8H2,(H,23,25);3H2,1-2H3/t12-,13?;/m1./s1. The van der Waals surface area contributed by atoms with Gasteiger partial charge in [0, 0.05) is 32.3 Å². The number of aromatic amines is 1. The van der Waals surface area contributed by atoms with Crippen LogP contribution in [0, 0.1) is 0 Å². The van der Waals surface area contributed by atoms with E-state index in [0.29, 0.717) is 20.6 Å². The molecule has 2 aromatic heterocycles. The molecule has 30 heavy (non-hydrogen) atoms. The number of fused-ring (bicyclic) bond motifs is 2. The maximum Gasteiger partial charge on any atom is 0.268 e. The van der Waals surface area contributed by atoms with Gasteiger partial charge in [0.05, 0.1) is 15.2 Å². The van der Waals surface area contributed by atoms with Crippen LogP contribution < -0.4 is 5.32 Å². The van der Waals surface area contributed by atoms with Gasteiger partial charge in [0.2, 0.25) is 0 Å². The Morgan fingerprint density at radius 2 is 2.10 bits per heavy atom. The summed E-state index contributed by atoms with van der Waals surface area (Å²) in [7, 11) is 1.68. The van der Waals surface area contributed by atoms with Gasteiger partial charge in [-0.15, -0.1) is 11.3 Å². The number of rotatable bonds is 6. The van der Waals surface area contributed by atoms with Crippen LogP contribution in [0.4, 0.5) is 0 Å². The highest BCUT2D eigenvalue weighted by Crippen LogP contribution is 2.39. The number of carbonyl (C=O) groups excluding carboxylic acids is 1. The molecule has 0 aliphatic heterocycles. The SMILES string of the molecule is CCOC.O=C(NC1Cc2ccccc2[C@H]1CCCO)c1cc2sc(Cl)c(Cl)c2[nH]1. The molecule has 0 radical (unpaired) electrons. The number of carbonyl (C=O) groups is 1. The number of hydrogen-bond acceptors (Lipinski definition) is 4. The molecule has 3 N–H and O–H groups in total. The van der Waals surface area contributed by atoms with Crippen molar-refractivity contribution >= 4 is 50.7 Å². The highest BCUT2D eigenvalue weighted by atomic mass is 35.5. The van der Waals surface area contributed by atoms with Gasteiger partial charge >= 0.3 is 0 Å². The van der Waals surface area contributed by atoms with Gasteiger partial charge < -0.3 is 20.1 Å². The Bertz CT molecular complexity index is 1000. The van der Waals surface area contributed by atoms with E-state index in [1.54, 1.807) is 13.2 Å². The van der Waals surface area contributed by atoms with Crippen LogP contribution in [0.3, 0.4) is 0 Å². The van der Waals surface area contributed by atoms with Crippen LogP contribution in [-0.4, -0.2) is 42.4 Å². The van der Waals surface area contributed by atoms with E-state index in [1.807, 2.05) is 19.1 Å². The summed E-state index contributed by atoms with van der Waals surface area (Å²) in [5, 5.41) is 12.8. The average Bonchev–Trinajstić information content (AvgIpc) is 3.39. The number of aromatic nitrogens is 1. The average molecular weight is 469 g/mol. The molecule has 0 saturated carbocycles. The first kappa shape index (κ1) is 23.1. The van der Waals surface area contributed by atoms with E-state index in [-0.39, 0.29) is 24.5 Å². The first-order chi connectivity index (χ1) is 14.5. The minimum Gasteiger partial charge on any atom is -0.396 e. The lowest BCUT2D eigenvalue weighted by atomic mass is 9.93. The molecule has 1 aliphatic rings. The van der Waals surface area contributed by atoms with Crippen LogP contribution >= 0.6 is 34.5 Å². The van der Waals surface area contributed by atoms with E-state index in [1.165, 1.54) is 22.5 Å². The van der Waals surface area contributed by atoms with Gasteiger partial charge in [0.1, 0.15) is 10.0 Å². The second-order valence-corrected chi connectivity index (χ2v) is 9.18. The molecule has 1 amide bonds. The molecule has 0 bridgehead atoms. The lowest BCUT2D eigenvalue weighted by molar-refractivity contribution is 0.0927. The fourth-order valence-corrected chi connectivity index (χ4v) is 5.27. The second-order valence-electron chi connectivity index (χ2n) is 7.14. The number of amides is 1. The number of thiophene rings is 1. The molecule has 0 saturated heterocycles. The molecule has 1 aromatic carbocycles. The predicted octanol–water partition coefficient (Wildman–Crippen LogP) is 5.40. The van der Waals surface area contributed by atoms with Crippen LogP contribution in [0.1, 0.15) is 47.3 Å². The van der Waals surface area contributed by atoms with Gasteiger partial charge in [-0.25, -0.2) is 0 Å². The lowest BCUT2D eigenvalue weighted by Gasteiger charge is -2.21. The zero-order valence-corrected chi connectivity index (χ0v) is 19.3. The number of hydrogen-bond donors (Lipinski definition) is 3. The number of aliphatic hydroxyl groups excluding tert-OH is 1. The first-order valence-corrected chi connectivity index (χ1v) is 11.5. The van der Waals surface area contributed by atoms with Gasteiger partial charge in [0.25, 0.3) is 5.91 Å². The predicted molar refractivity (Wildman–Crippen MR) is 124 cm³/mol. The molecule has 8 heteroatoms. The molecule has 0 fully saturated rings. The molecule has 3 aromatic rings. The van der Waals surface area contributed by atoms with E-state index in [2.05, 4.69) is 27.2 Å². The number of halogens is 2. The van der Waals surface area contributed by atoms with Crippen molar-refractivity contribution in [1.29, 1.82) is 0 Å². The van der Waals surface area contributed by atoms with Crippen molar-refractivity contribution in [2.24, 2.45) is 0 Å². The summed E-state index contributed by atoms with van der Waals surface area (Å²) in [5.41, 5.74) is 3.73. The van der Waals surface area contributed by atoms with E-state index in [9.17, 15) is 9.90 Å². The molecule has 2 heterocycles. The van der Waals surface area contributed by atoms with Gasteiger partial charge in [0.15, 0.2) is 0 Å². The van der Waals surface area contributed by atoms with Crippen LogP contribution in [0.15, 0.2) is 30.3 Å². The molecular weight excluding hydrogens is 443 g/mol. The Hall–Kier alpha value is -1.57. The van der Waals surface area contributed by atoms with Crippen molar-refractivity contribution in [3.05, 3.63) is 56.5 Å². The molecule has 2 atom stereocenters. The summed E-state index contributed by atoms with van der Waals surface area (Å²) in [6.07, 6.45) is 2.37. The first-order valence-electron chi connectivity index (χ1n) is 9.95. The topological polar surface area (TPSA) is 74.3 Å². The molecule has 4 rings (SSSR count). The van der Waals surface area contributed by atoms with Crippen molar-refractivity contribution in [3.63, 3.8) is 0 Å². The highest BCUT2D eigenvalue weighted by Gasteiger charge is 2.33. The summed E-state index contributed by atoms with van der Waals surface area (Å²) in [4.78, 5) is 15.9. The Morgan fingerprint density at radius 3 is 2.77 bits per heavy atom. The van der Waals surface area contributed by atoms with E-state index in [4.69, 9.17) is 23.2 Å². The summed E-state index contributed by atoms with van der Waals surface area (Å²) in [6, 6.07) is 10.1. The highest BCUT2D eigenvalue weighted by molar-refractivity contribution is 7.23. The third-order valence-electron chi connectivity index (χ3n) is 5.28. The number of methoxy groups -OCH3 is 1. The van der Waals surface area contributed by atoms with Crippen LogP contribution in [0.2, 0.25) is 9.36 Å². The summed E-state index contributed by atoms with van der Waals surface area (Å²) >= 11 is 13.5. The normalized spacial score (nSPS) is 17.5. The van der Waals surface area contributed by atoms with Gasteiger partial charge in [-0.1, -0.05) is 47.5 Å². The monoisotopic (exact) mass is 468 g/mol. The Morgan fingerprint density at radius 1 is 1.37 bits per heavy atom. The van der Waals surface area contributed by atoms with Crippen molar-refractivity contribution in [2.45, 2.75) is 38.1 Å². The second kappa shape index (κ2) is 10.6. The zero-order valence-electron chi connectivity index (χ0n) is 17.0. The fourth-order valence-electron chi connectivity index (χ4n) is 3.78. The van der Waals surface area contributed by atoms with Gasteiger partial charge in [-0.05, 0) is 43.4 Å². The number of aliphatic hydroxyl groups is 1. The van der Waals surface area contributed by atoms with Gasteiger partial charge in [-0.3, -0.25) is 4.79 Å². The lowest BCUT2D eigenvalue weighted by Crippen LogP contribution is -2.38. The summed E-state index contributed by atoms with van der Waals surface area (Å²) in [5.74, 6) is 0.0730. The molecule has 1 aliphatic carbocycles. The molecule has 162 valence electrons. The molecular formula is C22H26Cl2N2O3S. The molecule has 5 nitrogen and oxygen atoms in total. The van der Waals surface area contributed by atoms with E-state index >= 15 is 0 Å². The van der Waals surface area contributed by atoms with E-state index < -0.39 is 0 Å². The number of benzene rings is 1. The largest absolute Gasteiger partial charge is 0.396 e. The number of ether oxygens (including phenoxy) is 1. The van der Waals surface area contributed by atoms with Crippen molar-refractivity contribution in [2.75, 3.05) is 20.3 Å². The Labute approximate surface area is 190 Å². The van der Waals surface area contributed by atoms with Gasteiger partial charge in [-0.2, -0.15) is 0 Å². The number of H-pyrrole nitrogens is 1. The Balaban J connectivity index is 0.000000589. The fraction of sp³-hybridized carbons (Fsp3) is 0.409. The van der Waals surface area contributed by atoms with Crippen LogP contribution in [0.5, 0.6) is 0 Å². The maximum absolute atomic E-state index is 12.8.